The minimum Gasteiger partial charge on any atom is -0.497 e. The lowest BCUT2D eigenvalue weighted by molar-refractivity contribution is 0.0754. The number of carbonyl (C=O) groups is 1. The zero-order valence-electron chi connectivity index (χ0n) is 15.3. The van der Waals surface area contributed by atoms with Crippen LogP contribution in [0.15, 0.2) is 60.1 Å². The van der Waals surface area contributed by atoms with E-state index in [-0.39, 0.29) is 12.0 Å². The summed E-state index contributed by atoms with van der Waals surface area (Å²) in [4.78, 5) is 22.1. The van der Waals surface area contributed by atoms with Gasteiger partial charge in [0, 0.05) is 24.4 Å². The van der Waals surface area contributed by atoms with Crippen LogP contribution in [0.25, 0.3) is 11.3 Å². The highest BCUT2D eigenvalue weighted by molar-refractivity contribution is 6.02. The van der Waals surface area contributed by atoms with Gasteiger partial charge in [-0.3, -0.25) is 14.9 Å². The maximum absolute atomic E-state index is 12.6. The largest absolute Gasteiger partial charge is 0.497 e. The predicted molar refractivity (Wildman–Crippen MR) is 103 cm³/mol. The first kappa shape index (κ1) is 17.7. The monoisotopic (exact) mass is 377 g/mol. The third-order valence-electron chi connectivity index (χ3n) is 4.48. The van der Waals surface area contributed by atoms with E-state index >= 15 is 0 Å². The molecular formula is C20H19N5O3. The molecule has 0 spiro atoms. The summed E-state index contributed by atoms with van der Waals surface area (Å²) in [5.74, 6) is 0.561. The van der Waals surface area contributed by atoms with Crippen molar-refractivity contribution in [2.75, 3.05) is 13.7 Å². The lowest BCUT2D eigenvalue weighted by atomic mass is 10.0. The van der Waals surface area contributed by atoms with Gasteiger partial charge in [-0.25, -0.2) is 0 Å². The number of nitrogens with zero attached hydrogens (tertiary/aromatic N) is 3. The molecule has 1 atom stereocenters. The first-order valence-corrected chi connectivity index (χ1v) is 8.83. The van der Waals surface area contributed by atoms with E-state index in [4.69, 9.17) is 9.57 Å². The van der Waals surface area contributed by atoms with Gasteiger partial charge in [0.1, 0.15) is 11.9 Å². The SMILES string of the molecule is COc1ccc(C2=NOC(CNC(=O)c3cn[nH]c3-c3cccnc3)C2)cc1. The van der Waals surface area contributed by atoms with Gasteiger partial charge in [-0.1, -0.05) is 5.16 Å². The number of H-pyrrole nitrogens is 1. The summed E-state index contributed by atoms with van der Waals surface area (Å²) in [6.07, 6.45) is 5.27. The van der Waals surface area contributed by atoms with Crippen LogP contribution in [-0.4, -0.2) is 46.6 Å². The molecule has 4 rings (SSSR count). The zero-order chi connectivity index (χ0) is 19.3. The summed E-state index contributed by atoms with van der Waals surface area (Å²) in [7, 11) is 1.63. The number of aromatic nitrogens is 3. The highest BCUT2D eigenvalue weighted by atomic mass is 16.6. The Balaban J connectivity index is 1.35. The molecule has 0 saturated carbocycles. The number of benzene rings is 1. The Bertz CT molecular complexity index is 983. The molecule has 1 aliphatic rings. The van der Waals surface area contributed by atoms with Crippen molar-refractivity contribution in [2.45, 2.75) is 12.5 Å². The Morgan fingerprint density at radius 1 is 1.25 bits per heavy atom. The molecule has 3 aromatic rings. The van der Waals surface area contributed by atoms with Crippen molar-refractivity contribution in [3.8, 4) is 17.0 Å². The zero-order valence-corrected chi connectivity index (χ0v) is 15.3. The van der Waals surface area contributed by atoms with Gasteiger partial charge in [-0.2, -0.15) is 5.10 Å². The molecule has 2 N–H and O–H groups in total. The van der Waals surface area contributed by atoms with Gasteiger partial charge in [-0.05, 0) is 42.0 Å². The first-order chi connectivity index (χ1) is 13.7. The molecule has 8 nitrogen and oxygen atoms in total. The van der Waals surface area contributed by atoms with Crippen LogP contribution in [-0.2, 0) is 4.84 Å². The van der Waals surface area contributed by atoms with Gasteiger partial charge in [0.05, 0.1) is 36.8 Å². The van der Waals surface area contributed by atoms with E-state index in [1.54, 1.807) is 19.5 Å². The van der Waals surface area contributed by atoms with Crippen LogP contribution < -0.4 is 10.1 Å². The Labute approximate surface area is 161 Å². The number of hydrogen-bond donors (Lipinski definition) is 2. The smallest absolute Gasteiger partial charge is 0.255 e. The topological polar surface area (TPSA) is 101 Å². The van der Waals surface area contributed by atoms with E-state index < -0.39 is 0 Å². The average Bonchev–Trinajstić information content (AvgIpc) is 3.43. The van der Waals surface area contributed by atoms with Crippen molar-refractivity contribution >= 4 is 11.6 Å². The Hall–Kier alpha value is -3.68. The molecule has 1 aliphatic heterocycles. The van der Waals surface area contributed by atoms with Crippen LogP contribution >= 0.6 is 0 Å². The average molecular weight is 377 g/mol. The molecule has 0 aliphatic carbocycles. The van der Waals surface area contributed by atoms with Crippen molar-refractivity contribution in [2.24, 2.45) is 5.16 Å². The fourth-order valence-electron chi connectivity index (χ4n) is 2.98. The molecule has 0 bridgehead atoms. The number of carbonyl (C=O) groups excluding carboxylic acids is 1. The van der Waals surface area contributed by atoms with E-state index in [1.807, 2.05) is 36.4 Å². The normalized spacial score (nSPS) is 15.6. The number of oxime groups is 1. The second kappa shape index (κ2) is 7.91. The van der Waals surface area contributed by atoms with Crippen LogP contribution in [0.5, 0.6) is 5.75 Å². The molecule has 0 radical (unpaired) electrons. The predicted octanol–water partition coefficient (Wildman–Crippen LogP) is 2.40. The number of hydrogen-bond acceptors (Lipinski definition) is 6. The summed E-state index contributed by atoms with van der Waals surface area (Å²) < 4.78 is 5.16. The maximum Gasteiger partial charge on any atom is 0.255 e. The third-order valence-corrected chi connectivity index (χ3v) is 4.48. The summed E-state index contributed by atoms with van der Waals surface area (Å²) in [6, 6.07) is 11.3. The van der Waals surface area contributed by atoms with Crippen molar-refractivity contribution in [3.05, 3.63) is 66.1 Å². The molecule has 3 heterocycles. The van der Waals surface area contributed by atoms with Crippen LogP contribution in [0.4, 0.5) is 0 Å². The summed E-state index contributed by atoms with van der Waals surface area (Å²) >= 11 is 0. The van der Waals surface area contributed by atoms with Gasteiger partial charge in [0.25, 0.3) is 5.91 Å². The first-order valence-electron chi connectivity index (χ1n) is 8.83. The highest BCUT2D eigenvalue weighted by Gasteiger charge is 2.24. The highest BCUT2D eigenvalue weighted by Crippen LogP contribution is 2.21. The van der Waals surface area contributed by atoms with E-state index in [2.05, 4.69) is 25.7 Å². The van der Waals surface area contributed by atoms with Crippen molar-refractivity contribution in [1.29, 1.82) is 0 Å². The van der Waals surface area contributed by atoms with Gasteiger partial charge in [0.15, 0.2) is 0 Å². The number of ether oxygens (including phenoxy) is 1. The van der Waals surface area contributed by atoms with Gasteiger partial charge < -0.3 is 14.9 Å². The molecular weight excluding hydrogens is 358 g/mol. The van der Waals surface area contributed by atoms with Crippen LogP contribution in [0, 0.1) is 0 Å². The van der Waals surface area contributed by atoms with E-state index in [0.717, 1.165) is 22.6 Å². The number of aromatic amines is 1. The minimum absolute atomic E-state index is 0.213. The number of pyridine rings is 1. The molecule has 2 aromatic heterocycles. The molecule has 1 aromatic carbocycles. The van der Waals surface area contributed by atoms with Crippen molar-refractivity contribution in [3.63, 3.8) is 0 Å². The van der Waals surface area contributed by atoms with Crippen LogP contribution in [0.3, 0.4) is 0 Å². The van der Waals surface area contributed by atoms with E-state index in [0.29, 0.717) is 24.2 Å². The summed E-state index contributed by atoms with van der Waals surface area (Å²) in [6.45, 7) is 0.347. The number of amides is 1. The van der Waals surface area contributed by atoms with Gasteiger partial charge in [0.2, 0.25) is 0 Å². The lowest BCUT2D eigenvalue weighted by Gasteiger charge is -2.10. The van der Waals surface area contributed by atoms with E-state index in [1.165, 1.54) is 6.20 Å². The number of methoxy groups -OCH3 is 1. The second-order valence-electron chi connectivity index (χ2n) is 6.31. The summed E-state index contributed by atoms with van der Waals surface area (Å²) in [5, 5.41) is 13.9. The summed E-state index contributed by atoms with van der Waals surface area (Å²) in [5.41, 5.74) is 3.72. The third kappa shape index (κ3) is 3.71. The van der Waals surface area contributed by atoms with Crippen molar-refractivity contribution in [1.82, 2.24) is 20.5 Å². The Morgan fingerprint density at radius 3 is 2.86 bits per heavy atom. The fourth-order valence-corrected chi connectivity index (χ4v) is 2.98. The Kier molecular flexibility index (Phi) is 5.01. The van der Waals surface area contributed by atoms with Gasteiger partial charge >= 0.3 is 0 Å². The van der Waals surface area contributed by atoms with Crippen LogP contribution in [0.2, 0.25) is 0 Å². The van der Waals surface area contributed by atoms with E-state index in [9.17, 15) is 4.79 Å². The quantitative estimate of drug-likeness (QED) is 0.687. The number of rotatable bonds is 6. The second-order valence-corrected chi connectivity index (χ2v) is 6.31. The number of nitrogens with one attached hydrogen (secondary N) is 2. The fraction of sp³-hybridized carbons (Fsp3) is 0.200. The van der Waals surface area contributed by atoms with Gasteiger partial charge in [-0.15, -0.1) is 0 Å². The lowest BCUT2D eigenvalue weighted by Crippen LogP contribution is -2.32. The van der Waals surface area contributed by atoms with Crippen molar-refractivity contribution < 1.29 is 14.4 Å². The van der Waals surface area contributed by atoms with Crippen LogP contribution in [0.1, 0.15) is 22.3 Å². The molecule has 142 valence electrons. The minimum atomic E-state index is -0.228. The molecule has 0 saturated heterocycles. The standard InChI is InChI=1S/C20H19N5O3/c1-27-15-6-4-13(5-7-15)18-9-16(28-25-18)11-22-20(26)17-12-23-24-19(17)14-3-2-8-21-10-14/h2-8,10,12,16H,9,11H2,1H3,(H,22,26)(H,23,24). The maximum atomic E-state index is 12.6. The molecule has 1 unspecified atom stereocenters. The Morgan fingerprint density at radius 2 is 2.11 bits per heavy atom. The molecule has 1 amide bonds. The molecule has 28 heavy (non-hydrogen) atoms. The molecule has 0 fully saturated rings. The molecule has 8 heteroatoms.